The average molecular weight is 374 g/mol. The third-order valence-corrected chi connectivity index (χ3v) is 5.80. The van der Waals surface area contributed by atoms with Crippen molar-refractivity contribution in [3.8, 4) is 11.3 Å². The first-order valence-electron chi connectivity index (χ1n) is 7.84. The van der Waals surface area contributed by atoms with E-state index in [1.807, 2.05) is 43.5 Å². The molecule has 2 heterocycles. The van der Waals surface area contributed by atoms with E-state index in [1.165, 1.54) is 6.26 Å². The van der Waals surface area contributed by atoms with Crippen molar-refractivity contribution in [2.45, 2.75) is 18.7 Å². The summed E-state index contributed by atoms with van der Waals surface area (Å²) >= 11 is 1.56. The van der Waals surface area contributed by atoms with Crippen LogP contribution in [0.5, 0.6) is 0 Å². The van der Waals surface area contributed by atoms with Gasteiger partial charge < -0.3 is 4.90 Å². The minimum atomic E-state index is -3.19. The lowest BCUT2D eigenvalue weighted by Gasteiger charge is -2.20. The van der Waals surface area contributed by atoms with E-state index in [2.05, 4.69) is 9.88 Å². The van der Waals surface area contributed by atoms with Gasteiger partial charge in [0, 0.05) is 41.3 Å². The number of pyridine rings is 1. The Labute approximate surface area is 151 Å². The van der Waals surface area contributed by atoms with Gasteiger partial charge in [-0.25, -0.2) is 13.4 Å². The van der Waals surface area contributed by atoms with Gasteiger partial charge in [0.2, 0.25) is 0 Å². The van der Waals surface area contributed by atoms with Crippen LogP contribution in [0.4, 0.5) is 10.8 Å². The molecule has 3 rings (SSSR count). The van der Waals surface area contributed by atoms with Crippen molar-refractivity contribution in [3.05, 3.63) is 53.7 Å². The molecule has 3 aromatic rings. The van der Waals surface area contributed by atoms with Crippen LogP contribution in [0.25, 0.3) is 11.3 Å². The van der Waals surface area contributed by atoms with Gasteiger partial charge in [-0.1, -0.05) is 0 Å². The molecule has 1 aromatic carbocycles. The highest BCUT2D eigenvalue weighted by atomic mass is 32.2. The third kappa shape index (κ3) is 3.88. The van der Waals surface area contributed by atoms with Gasteiger partial charge in [-0.15, -0.1) is 11.3 Å². The largest absolute Gasteiger partial charge is 0.318 e. The maximum atomic E-state index is 11.6. The molecule has 0 aliphatic carbocycles. The first-order valence-corrected chi connectivity index (χ1v) is 10.6. The number of thiazole rings is 1. The van der Waals surface area contributed by atoms with E-state index in [4.69, 9.17) is 4.98 Å². The summed E-state index contributed by atoms with van der Waals surface area (Å²) in [5.41, 5.74) is 3.83. The molecule has 5 nitrogen and oxygen atoms in total. The van der Waals surface area contributed by atoms with E-state index >= 15 is 0 Å². The first kappa shape index (κ1) is 17.6. The van der Waals surface area contributed by atoms with Gasteiger partial charge in [-0.2, -0.15) is 0 Å². The number of aryl methyl sites for hydroxylation is 1. The van der Waals surface area contributed by atoms with Crippen LogP contribution in [0.2, 0.25) is 0 Å². The minimum absolute atomic E-state index is 0.319. The number of sulfone groups is 1. The maximum absolute atomic E-state index is 11.6. The highest BCUT2D eigenvalue weighted by Crippen LogP contribution is 2.32. The molecule has 0 radical (unpaired) electrons. The van der Waals surface area contributed by atoms with Gasteiger partial charge in [0.15, 0.2) is 15.0 Å². The van der Waals surface area contributed by atoms with Crippen LogP contribution in [0, 0.1) is 6.92 Å². The number of hydrogen-bond donors (Lipinski definition) is 0. The smallest absolute Gasteiger partial charge is 0.190 e. The average Bonchev–Trinajstić information content (AvgIpc) is 3.05. The number of benzene rings is 1. The molecule has 0 aliphatic rings. The van der Waals surface area contributed by atoms with Gasteiger partial charge in [0.05, 0.1) is 10.6 Å². The van der Waals surface area contributed by atoms with Crippen molar-refractivity contribution < 1.29 is 8.42 Å². The fraction of sp³-hybridized carbons (Fsp3) is 0.222. The SMILES string of the molecule is CCN(c1ccc(S(C)(=O)=O)cc1)c1nc(-c2ccnc(C)c2)cs1. The summed E-state index contributed by atoms with van der Waals surface area (Å²) in [6.45, 7) is 4.74. The zero-order valence-electron chi connectivity index (χ0n) is 14.3. The summed E-state index contributed by atoms with van der Waals surface area (Å²) < 4.78 is 23.2. The number of hydrogen-bond acceptors (Lipinski definition) is 6. The number of nitrogens with zero attached hydrogens (tertiary/aromatic N) is 3. The summed E-state index contributed by atoms with van der Waals surface area (Å²) in [5.74, 6) is 0. The highest BCUT2D eigenvalue weighted by Gasteiger charge is 2.14. The predicted octanol–water partition coefficient (Wildman–Crippen LogP) is 4.08. The zero-order valence-corrected chi connectivity index (χ0v) is 15.9. The molecule has 7 heteroatoms. The Morgan fingerprint density at radius 3 is 2.48 bits per heavy atom. The molecule has 0 spiro atoms. The lowest BCUT2D eigenvalue weighted by Crippen LogP contribution is -2.15. The predicted molar refractivity (Wildman–Crippen MR) is 102 cm³/mol. The van der Waals surface area contributed by atoms with Gasteiger partial charge in [0.25, 0.3) is 0 Å². The quantitative estimate of drug-likeness (QED) is 0.674. The van der Waals surface area contributed by atoms with E-state index in [1.54, 1.807) is 29.7 Å². The molecule has 0 fully saturated rings. The van der Waals surface area contributed by atoms with Crippen molar-refractivity contribution >= 4 is 32.0 Å². The van der Waals surface area contributed by atoms with Crippen molar-refractivity contribution in [2.24, 2.45) is 0 Å². The minimum Gasteiger partial charge on any atom is -0.318 e. The van der Waals surface area contributed by atoms with E-state index in [0.29, 0.717) is 4.90 Å². The molecule has 0 saturated heterocycles. The molecule has 0 aliphatic heterocycles. The second-order valence-electron chi connectivity index (χ2n) is 5.71. The number of aromatic nitrogens is 2. The normalized spacial score (nSPS) is 11.5. The van der Waals surface area contributed by atoms with E-state index < -0.39 is 9.84 Å². The Morgan fingerprint density at radius 1 is 1.16 bits per heavy atom. The van der Waals surface area contributed by atoms with Crippen molar-refractivity contribution in [1.82, 2.24) is 9.97 Å². The van der Waals surface area contributed by atoms with Crippen LogP contribution < -0.4 is 4.90 Å². The molecular formula is C18H19N3O2S2. The summed E-state index contributed by atoms with van der Waals surface area (Å²) in [7, 11) is -3.19. The molecule has 0 bridgehead atoms. The fourth-order valence-electron chi connectivity index (χ4n) is 2.53. The lowest BCUT2D eigenvalue weighted by atomic mass is 10.2. The van der Waals surface area contributed by atoms with Crippen molar-refractivity contribution in [1.29, 1.82) is 0 Å². The lowest BCUT2D eigenvalue weighted by molar-refractivity contribution is 0.602. The van der Waals surface area contributed by atoms with Crippen LogP contribution in [0.3, 0.4) is 0 Å². The zero-order chi connectivity index (χ0) is 18.0. The van der Waals surface area contributed by atoms with Crippen molar-refractivity contribution in [3.63, 3.8) is 0 Å². The first-order chi connectivity index (χ1) is 11.9. The monoisotopic (exact) mass is 373 g/mol. The third-order valence-electron chi connectivity index (χ3n) is 3.81. The molecule has 0 unspecified atom stereocenters. The van der Waals surface area contributed by atoms with Gasteiger partial charge in [-0.3, -0.25) is 4.98 Å². The second kappa shape index (κ2) is 6.93. The maximum Gasteiger partial charge on any atom is 0.190 e. The van der Waals surface area contributed by atoms with Gasteiger partial charge in [0.1, 0.15) is 0 Å². The molecule has 0 atom stereocenters. The molecule has 2 aromatic heterocycles. The summed E-state index contributed by atoms with van der Waals surface area (Å²) in [6.07, 6.45) is 2.99. The Bertz CT molecular complexity index is 980. The van der Waals surface area contributed by atoms with Crippen LogP contribution >= 0.6 is 11.3 Å². The highest BCUT2D eigenvalue weighted by molar-refractivity contribution is 7.90. The number of rotatable bonds is 5. The van der Waals surface area contributed by atoms with Crippen LogP contribution in [-0.2, 0) is 9.84 Å². The summed E-state index contributed by atoms with van der Waals surface area (Å²) in [4.78, 5) is 11.3. The van der Waals surface area contributed by atoms with Crippen molar-refractivity contribution in [2.75, 3.05) is 17.7 Å². The fourth-order valence-corrected chi connectivity index (χ4v) is 4.08. The Kier molecular flexibility index (Phi) is 4.87. The molecule has 0 N–H and O–H groups in total. The van der Waals surface area contributed by atoms with Gasteiger partial charge in [-0.05, 0) is 50.2 Å². The van der Waals surface area contributed by atoms with E-state index in [9.17, 15) is 8.42 Å². The van der Waals surface area contributed by atoms with E-state index in [-0.39, 0.29) is 0 Å². The topological polar surface area (TPSA) is 63.2 Å². The summed E-state index contributed by atoms with van der Waals surface area (Å²) in [6, 6.07) is 10.9. The number of anilines is 2. The van der Waals surface area contributed by atoms with Crippen LogP contribution in [0.1, 0.15) is 12.6 Å². The molecule has 25 heavy (non-hydrogen) atoms. The molecular weight excluding hydrogens is 354 g/mol. The Morgan fingerprint density at radius 2 is 1.88 bits per heavy atom. The Hall–Kier alpha value is -2.25. The van der Waals surface area contributed by atoms with E-state index in [0.717, 1.165) is 34.3 Å². The standard InChI is InChI=1S/C18H19N3O2S2/c1-4-21(15-5-7-16(8-6-15)25(3,22)23)18-20-17(12-24-18)14-9-10-19-13(2)11-14/h5-12H,4H2,1-3H3. The molecule has 130 valence electrons. The van der Waals surface area contributed by atoms with Gasteiger partial charge >= 0.3 is 0 Å². The molecule has 0 amide bonds. The second-order valence-corrected chi connectivity index (χ2v) is 8.56. The van der Waals surface area contributed by atoms with Crippen LogP contribution in [0.15, 0.2) is 52.9 Å². The van der Waals surface area contributed by atoms with Crippen LogP contribution in [-0.4, -0.2) is 31.2 Å². The Balaban J connectivity index is 1.92. The summed E-state index contributed by atoms with van der Waals surface area (Å²) in [5, 5.41) is 2.90. The molecule has 0 saturated carbocycles.